The first-order valence-corrected chi connectivity index (χ1v) is 6.62. The Morgan fingerprint density at radius 2 is 2.05 bits per heavy atom. The quantitative estimate of drug-likeness (QED) is 0.809. The van der Waals surface area contributed by atoms with Gasteiger partial charge < -0.3 is 15.5 Å². The molecule has 0 spiro atoms. The van der Waals surface area contributed by atoms with E-state index >= 15 is 0 Å². The maximum Gasteiger partial charge on any atom is 0.418 e. The highest BCUT2D eigenvalue weighted by Crippen LogP contribution is 2.36. The first-order valence-electron chi connectivity index (χ1n) is 6.62. The van der Waals surface area contributed by atoms with E-state index in [0.717, 1.165) is 11.8 Å². The summed E-state index contributed by atoms with van der Waals surface area (Å²) in [6.07, 6.45) is -1.53. The monoisotopic (exact) mass is 298 g/mol. The Morgan fingerprint density at radius 3 is 2.67 bits per heavy atom. The fourth-order valence-corrected chi connectivity index (χ4v) is 2.07. The normalized spacial score (nSPS) is 13.1. The molecule has 3 nitrogen and oxygen atoms in total. The van der Waals surface area contributed by atoms with Crippen LogP contribution in [-0.2, 0) is 12.6 Å². The van der Waals surface area contributed by atoms with E-state index in [9.17, 15) is 13.2 Å². The number of benzene rings is 1. The van der Waals surface area contributed by atoms with E-state index in [-0.39, 0.29) is 17.4 Å². The van der Waals surface area contributed by atoms with E-state index in [1.54, 1.807) is 12.3 Å². The van der Waals surface area contributed by atoms with Gasteiger partial charge in [-0.3, -0.25) is 0 Å². The third-order valence-electron chi connectivity index (χ3n) is 3.15. The molecule has 2 rings (SSSR count). The summed E-state index contributed by atoms with van der Waals surface area (Å²) in [6, 6.07) is 7.27. The minimum absolute atomic E-state index is 0.0450. The van der Waals surface area contributed by atoms with Gasteiger partial charge in [-0.1, -0.05) is 0 Å². The Labute approximate surface area is 120 Å². The molecule has 0 aliphatic rings. The van der Waals surface area contributed by atoms with Crippen LogP contribution in [0, 0.1) is 0 Å². The zero-order valence-electron chi connectivity index (χ0n) is 11.6. The number of hydrogen-bond acceptors (Lipinski definition) is 3. The van der Waals surface area contributed by atoms with Crippen molar-refractivity contribution in [1.82, 2.24) is 0 Å². The number of nitrogens with two attached hydrogens (primary N) is 1. The topological polar surface area (TPSA) is 51.2 Å². The van der Waals surface area contributed by atoms with E-state index in [2.05, 4.69) is 5.32 Å². The molecule has 0 aliphatic carbocycles. The Hall–Kier alpha value is -2.11. The van der Waals surface area contributed by atoms with Crippen molar-refractivity contribution in [3.05, 3.63) is 47.9 Å². The van der Waals surface area contributed by atoms with Crippen molar-refractivity contribution in [2.45, 2.75) is 32.0 Å². The molecule has 1 aromatic carbocycles. The van der Waals surface area contributed by atoms with Crippen LogP contribution in [-0.4, -0.2) is 6.04 Å². The smallest absolute Gasteiger partial charge is 0.418 e. The summed E-state index contributed by atoms with van der Waals surface area (Å²) in [5.74, 6) is 0.817. The molecule has 1 unspecified atom stereocenters. The molecule has 2 aromatic rings. The second-order valence-electron chi connectivity index (χ2n) is 4.97. The van der Waals surface area contributed by atoms with Gasteiger partial charge in [-0.2, -0.15) is 13.2 Å². The van der Waals surface area contributed by atoms with Crippen LogP contribution in [0.15, 0.2) is 41.0 Å². The number of hydrogen-bond donors (Lipinski definition) is 2. The number of halogens is 3. The molecule has 0 aliphatic heterocycles. The maximum atomic E-state index is 13.0. The predicted molar refractivity (Wildman–Crippen MR) is 76.0 cm³/mol. The van der Waals surface area contributed by atoms with Crippen LogP contribution in [0.3, 0.4) is 0 Å². The second kappa shape index (κ2) is 6.11. The Morgan fingerprint density at radius 1 is 1.29 bits per heavy atom. The number of nitrogen functional groups attached to an aromatic ring is 1. The highest BCUT2D eigenvalue weighted by molar-refractivity contribution is 5.59. The van der Waals surface area contributed by atoms with E-state index in [4.69, 9.17) is 10.2 Å². The number of furan rings is 1. The lowest BCUT2D eigenvalue weighted by atomic mass is 10.1. The van der Waals surface area contributed by atoms with Crippen molar-refractivity contribution < 1.29 is 17.6 Å². The van der Waals surface area contributed by atoms with E-state index < -0.39 is 11.7 Å². The Bertz CT molecular complexity index is 579. The van der Waals surface area contributed by atoms with Crippen LogP contribution >= 0.6 is 0 Å². The fourth-order valence-electron chi connectivity index (χ4n) is 2.07. The average molecular weight is 298 g/mol. The zero-order chi connectivity index (χ0) is 15.5. The van der Waals surface area contributed by atoms with Gasteiger partial charge in [0.15, 0.2) is 0 Å². The molecule has 1 atom stereocenters. The maximum absolute atomic E-state index is 13.0. The van der Waals surface area contributed by atoms with Crippen LogP contribution in [0.25, 0.3) is 0 Å². The molecule has 114 valence electrons. The Kier molecular flexibility index (Phi) is 4.45. The molecule has 1 aromatic heterocycles. The fraction of sp³-hybridized carbons (Fsp3) is 0.333. The highest BCUT2D eigenvalue weighted by Gasteiger charge is 2.33. The largest absolute Gasteiger partial charge is 0.469 e. The van der Waals surface area contributed by atoms with Gasteiger partial charge in [0.25, 0.3) is 0 Å². The van der Waals surface area contributed by atoms with Crippen LogP contribution in [0.1, 0.15) is 24.7 Å². The van der Waals surface area contributed by atoms with Crippen molar-refractivity contribution >= 4 is 11.4 Å². The molecule has 0 bridgehead atoms. The Balaban J connectivity index is 2.04. The number of anilines is 2. The third-order valence-corrected chi connectivity index (χ3v) is 3.15. The van der Waals surface area contributed by atoms with Crippen molar-refractivity contribution in [3.8, 4) is 0 Å². The van der Waals surface area contributed by atoms with Gasteiger partial charge >= 0.3 is 6.18 Å². The van der Waals surface area contributed by atoms with Crippen LogP contribution < -0.4 is 11.1 Å². The molecule has 0 radical (unpaired) electrons. The van der Waals surface area contributed by atoms with Crippen LogP contribution in [0.4, 0.5) is 24.5 Å². The minimum atomic E-state index is -4.43. The number of nitrogens with one attached hydrogen (secondary N) is 1. The van der Waals surface area contributed by atoms with E-state index in [0.29, 0.717) is 12.8 Å². The van der Waals surface area contributed by atoms with E-state index in [1.807, 2.05) is 13.0 Å². The molecule has 0 saturated carbocycles. The molecule has 1 heterocycles. The van der Waals surface area contributed by atoms with E-state index in [1.165, 1.54) is 12.1 Å². The minimum Gasteiger partial charge on any atom is -0.469 e. The first kappa shape index (κ1) is 15.3. The summed E-state index contributed by atoms with van der Waals surface area (Å²) in [6.45, 7) is 1.83. The van der Waals surface area contributed by atoms with Crippen molar-refractivity contribution in [3.63, 3.8) is 0 Å². The van der Waals surface area contributed by atoms with Crippen molar-refractivity contribution in [2.75, 3.05) is 11.1 Å². The van der Waals surface area contributed by atoms with Crippen LogP contribution in [0.5, 0.6) is 0 Å². The standard InChI is InChI=1S/C15H17F3N2O/c1-10(4-6-12-3-2-8-21-12)20-14-7-5-11(19)9-13(14)15(16,17)18/h2-3,5,7-10,20H,4,6,19H2,1H3. The summed E-state index contributed by atoms with van der Waals surface area (Å²) in [5.41, 5.74) is 4.83. The molecular formula is C15H17F3N2O. The van der Waals surface area contributed by atoms with Gasteiger partial charge in [0.2, 0.25) is 0 Å². The molecular weight excluding hydrogens is 281 g/mol. The first-order chi connectivity index (χ1) is 9.86. The average Bonchev–Trinajstić information content (AvgIpc) is 2.90. The lowest BCUT2D eigenvalue weighted by Crippen LogP contribution is -2.19. The molecule has 0 fully saturated rings. The van der Waals surface area contributed by atoms with Gasteiger partial charge in [-0.05, 0) is 43.7 Å². The zero-order valence-corrected chi connectivity index (χ0v) is 11.6. The summed E-state index contributed by atoms with van der Waals surface area (Å²) in [5, 5.41) is 2.89. The molecule has 3 N–H and O–H groups in total. The van der Waals surface area contributed by atoms with Crippen LogP contribution in [0.2, 0.25) is 0 Å². The lowest BCUT2D eigenvalue weighted by Gasteiger charge is -2.19. The van der Waals surface area contributed by atoms with Crippen molar-refractivity contribution in [1.29, 1.82) is 0 Å². The van der Waals surface area contributed by atoms with Gasteiger partial charge in [-0.15, -0.1) is 0 Å². The summed E-state index contributed by atoms with van der Waals surface area (Å²) < 4.78 is 44.1. The van der Waals surface area contributed by atoms with Crippen molar-refractivity contribution in [2.24, 2.45) is 0 Å². The molecule has 21 heavy (non-hydrogen) atoms. The molecule has 0 saturated heterocycles. The van der Waals surface area contributed by atoms with Gasteiger partial charge in [-0.25, -0.2) is 0 Å². The number of aryl methyl sites for hydroxylation is 1. The lowest BCUT2D eigenvalue weighted by molar-refractivity contribution is -0.136. The van der Waals surface area contributed by atoms with Gasteiger partial charge in [0.05, 0.1) is 11.8 Å². The SMILES string of the molecule is CC(CCc1ccco1)Nc1ccc(N)cc1C(F)(F)F. The molecule has 0 amide bonds. The van der Waals surface area contributed by atoms with Gasteiger partial charge in [0.1, 0.15) is 5.76 Å². The summed E-state index contributed by atoms with van der Waals surface area (Å²) in [4.78, 5) is 0. The number of alkyl halides is 3. The summed E-state index contributed by atoms with van der Waals surface area (Å²) >= 11 is 0. The predicted octanol–water partition coefficient (Wildman–Crippen LogP) is 4.31. The van der Waals surface area contributed by atoms with Gasteiger partial charge in [0, 0.05) is 23.8 Å². The molecule has 6 heteroatoms. The summed E-state index contributed by atoms with van der Waals surface area (Å²) in [7, 11) is 0. The highest BCUT2D eigenvalue weighted by atomic mass is 19.4. The third kappa shape index (κ3) is 4.18. The second-order valence-corrected chi connectivity index (χ2v) is 4.97. The number of rotatable bonds is 5.